The predicted octanol–water partition coefficient (Wildman–Crippen LogP) is -0.962. The number of nitrogens with zero attached hydrogens (tertiary/aromatic N) is 1. The summed E-state index contributed by atoms with van der Waals surface area (Å²) < 4.78 is 4.73. The summed E-state index contributed by atoms with van der Waals surface area (Å²) in [6.07, 6.45) is -1.13. The van der Waals surface area contributed by atoms with E-state index in [-0.39, 0.29) is 26.1 Å². The number of aliphatic hydroxyl groups excluding tert-OH is 1. The largest absolute Gasteiger partial charge is 0.466 e. The quantitative estimate of drug-likeness (QED) is 0.494. The van der Waals surface area contributed by atoms with Crippen LogP contribution in [-0.2, 0) is 19.1 Å². The molecule has 1 atom stereocenters. The van der Waals surface area contributed by atoms with E-state index in [1.807, 2.05) is 0 Å². The topological polar surface area (TPSA) is 95.9 Å². The Morgan fingerprint density at radius 3 is 2.74 bits per heavy atom. The second kappa shape index (κ2) is 6.12. The highest BCUT2D eigenvalue weighted by molar-refractivity contribution is 6.02. The van der Waals surface area contributed by atoms with Gasteiger partial charge in [-0.15, -0.1) is 0 Å². The van der Waals surface area contributed by atoms with E-state index in [1.165, 1.54) is 0 Å². The first-order chi connectivity index (χ1) is 8.77. The number of rotatable bonds is 5. The van der Waals surface area contributed by atoms with Gasteiger partial charge in [-0.25, -0.2) is 0 Å². The Balaban J connectivity index is 2.61. The summed E-state index contributed by atoms with van der Waals surface area (Å²) in [6, 6.07) is 0. The summed E-state index contributed by atoms with van der Waals surface area (Å²) in [5.41, 5.74) is -0.899. The van der Waals surface area contributed by atoms with E-state index >= 15 is 0 Å². The van der Waals surface area contributed by atoms with Crippen molar-refractivity contribution < 1.29 is 24.2 Å². The second-order valence-corrected chi connectivity index (χ2v) is 4.98. The standard InChI is InChI=1S/C12H20N2O5/c1-4-19-10(17)5-8(15)6-14-7-9(16)13-11(18)12(14,2)3/h8,15H,4-7H2,1-3H3,(H,13,16,18). The number of esters is 1. The minimum absolute atomic E-state index is 0.0125. The number of piperazine rings is 1. The van der Waals surface area contributed by atoms with E-state index in [0.717, 1.165) is 0 Å². The molecule has 7 nitrogen and oxygen atoms in total. The summed E-state index contributed by atoms with van der Waals surface area (Å²) in [7, 11) is 0. The fraction of sp³-hybridized carbons (Fsp3) is 0.750. The SMILES string of the molecule is CCOC(=O)CC(O)CN1CC(=O)NC(=O)C1(C)C. The number of amides is 2. The summed E-state index contributed by atoms with van der Waals surface area (Å²) in [6.45, 7) is 5.32. The van der Waals surface area contributed by atoms with Gasteiger partial charge in [0.2, 0.25) is 11.8 Å². The monoisotopic (exact) mass is 272 g/mol. The van der Waals surface area contributed by atoms with Crippen molar-refractivity contribution in [2.45, 2.75) is 38.8 Å². The molecule has 0 spiro atoms. The predicted molar refractivity (Wildman–Crippen MR) is 66.1 cm³/mol. The molecule has 0 bridgehead atoms. The van der Waals surface area contributed by atoms with E-state index in [9.17, 15) is 19.5 Å². The maximum Gasteiger partial charge on any atom is 0.308 e. The zero-order chi connectivity index (χ0) is 14.6. The molecule has 0 aromatic carbocycles. The molecule has 0 saturated carbocycles. The number of carbonyl (C=O) groups excluding carboxylic acids is 3. The Morgan fingerprint density at radius 1 is 1.53 bits per heavy atom. The van der Waals surface area contributed by atoms with Crippen molar-refractivity contribution in [1.29, 1.82) is 0 Å². The molecule has 0 radical (unpaired) electrons. The average molecular weight is 272 g/mol. The van der Waals surface area contributed by atoms with Crippen LogP contribution in [-0.4, -0.2) is 59.1 Å². The van der Waals surface area contributed by atoms with Crippen molar-refractivity contribution in [2.75, 3.05) is 19.7 Å². The molecule has 1 aliphatic rings. The summed E-state index contributed by atoms with van der Waals surface area (Å²) in [4.78, 5) is 35.8. The van der Waals surface area contributed by atoms with Crippen molar-refractivity contribution in [3.05, 3.63) is 0 Å². The van der Waals surface area contributed by atoms with Crippen LogP contribution in [0.25, 0.3) is 0 Å². The fourth-order valence-electron chi connectivity index (χ4n) is 1.86. The number of aliphatic hydroxyl groups is 1. The molecule has 2 amide bonds. The number of hydrogen-bond donors (Lipinski definition) is 2. The number of ether oxygens (including phenoxy) is 1. The molecular formula is C12H20N2O5. The zero-order valence-corrected chi connectivity index (χ0v) is 11.4. The van der Waals surface area contributed by atoms with Crippen LogP contribution in [0, 0.1) is 0 Å². The average Bonchev–Trinajstić information content (AvgIpc) is 2.26. The van der Waals surface area contributed by atoms with E-state index in [4.69, 9.17) is 4.74 Å². The van der Waals surface area contributed by atoms with E-state index in [1.54, 1.807) is 25.7 Å². The molecule has 1 saturated heterocycles. The van der Waals surface area contributed by atoms with Crippen molar-refractivity contribution in [3.63, 3.8) is 0 Å². The van der Waals surface area contributed by atoms with E-state index in [2.05, 4.69) is 5.32 Å². The number of nitrogens with one attached hydrogen (secondary N) is 1. The normalized spacial score (nSPS) is 20.8. The lowest BCUT2D eigenvalue weighted by molar-refractivity contribution is -0.148. The van der Waals surface area contributed by atoms with Crippen LogP contribution in [0.3, 0.4) is 0 Å². The lowest BCUT2D eigenvalue weighted by Crippen LogP contribution is -2.65. The minimum Gasteiger partial charge on any atom is -0.466 e. The smallest absolute Gasteiger partial charge is 0.308 e. The molecule has 19 heavy (non-hydrogen) atoms. The van der Waals surface area contributed by atoms with Gasteiger partial charge in [0.25, 0.3) is 0 Å². The highest BCUT2D eigenvalue weighted by Gasteiger charge is 2.41. The Labute approximate surface area is 111 Å². The van der Waals surface area contributed by atoms with Crippen molar-refractivity contribution >= 4 is 17.8 Å². The van der Waals surface area contributed by atoms with Gasteiger partial charge >= 0.3 is 5.97 Å². The van der Waals surface area contributed by atoms with Crippen molar-refractivity contribution in [1.82, 2.24) is 10.2 Å². The highest BCUT2D eigenvalue weighted by Crippen LogP contribution is 2.18. The van der Waals surface area contributed by atoms with Crippen LogP contribution in [0.4, 0.5) is 0 Å². The highest BCUT2D eigenvalue weighted by atomic mass is 16.5. The third-order valence-electron chi connectivity index (χ3n) is 3.07. The van der Waals surface area contributed by atoms with Gasteiger partial charge in [-0.05, 0) is 20.8 Å². The fourth-order valence-corrected chi connectivity index (χ4v) is 1.86. The van der Waals surface area contributed by atoms with Crippen LogP contribution in [0.2, 0.25) is 0 Å². The third-order valence-corrected chi connectivity index (χ3v) is 3.07. The molecule has 1 aliphatic heterocycles. The van der Waals surface area contributed by atoms with Gasteiger partial charge in [0.05, 0.1) is 31.2 Å². The van der Waals surface area contributed by atoms with Crippen LogP contribution in [0.1, 0.15) is 27.2 Å². The maximum atomic E-state index is 11.7. The molecule has 1 unspecified atom stereocenters. The first kappa shape index (κ1) is 15.6. The summed E-state index contributed by atoms with van der Waals surface area (Å²) >= 11 is 0. The van der Waals surface area contributed by atoms with Crippen LogP contribution < -0.4 is 5.32 Å². The molecular weight excluding hydrogens is 252 g/mol. The Kier molecular flexibility index (Phi) is 5.02. The molecule has 1 fully saturated rings. The molecule has 2 N–H and O–H groups in total. The molecule has 7 heteroatoms. The molecule has 1 heterocycles. The molecule has 1 rings (SSSR count). The Hall–Kier alpha value is -1.47. The molecule has 108 valence electrons. The van der Waals surface area contributed by atoms with Gasteiger partial charge in [0.15, 0.2) is 0 Å². The zero-order valence-electron chi connectivity index (χ0n) is 11.4. The van der Waals surface area contributed by atoms with E-state index in [0.29, 0.717) is 0 Å². The van der Waals surface area contributed by atoms with Gasteiger partial charge < -0.3 is 9.84 Å². The van der Waals surface area contributed by atoms with Gasteiger partial charge in [0, 0.05) is 6.54 Å². The Morgan fingerprint density at radius 2 is 2.16 bits per heavy atom. The van der Waals surface area contributed by atoms with Crippen molar-refractivity contribution in [2.24, 2.45) is 0 Å². The molecule has 0 aromatic rings. The summed E-state index contributed by atoms with van der Waals surface area (Å²) in [5.74, 6) is -1.32. The van der Waals surface area contributed by atoms with Crippen LogP contribution >= 0.6 is 0 Å². The maximum absolute atomic E-state index is 11.7. The van der Waals surface area contributed by atoms with Gasteiger partial charge in [-0.2, -0.15) is 0 Å². The van der Waals surface area contributed by atoms with Gasteiger partial charge in [-0.1, -0.05) is 0 Å². The summed E-state index contributed by atoms with van der Waals surface area (Å²) in [5, 5.41) is 12.1. The van der Waals surface area contributed by atoms with Gasteiger partial charge in [-0.3, -0.25) is 24.6 Å². The Bertz CT molecular complexity index is 380. The molecule has 0 aromatic heterocycles. The van der Waals surface area contributed by atoms with Gasteiger partial charge in [0.1, 0.15) is 0 Å². The number of β-amino-alcohol motifs (C(OH)–C–C–N with tert-alkyl or cyclic N) is 1. The third kappa shape index (κ3) is 4.00. The lowest BCUT2D eigenvalue weighted by atomic mass is 9.98. The second-order valence-electron chi connectivity index (χ2n) is 4.98. The lowest BCUT2D eigenvalue weighted by Gasteiger charge is -2.40. The molecule has 0 aliphatic carbocycles. The van der Waals surface area contributed by atoms with E-state index < -0.39 is 29.4 Å². The first-order valence-corrected chi connectivity index (χ1v) is 6.20. The number of imide groups is 1. The number of hydrogen-bond acceptors (Lipinski definition) is 6. The van der Waals surface area contributed by atoms with Crippen LogP contribution in [0.5, 0.6) is 0 Å². The van der Waals surface area contributed by atoms with Crippen LogP contribution in [0.15, 0.2) is 0 Å². The minimum atomic E-state index is -0.975. The first-order valence-electron chi connectivity index (χ1n) is 6.20. The number of carbonyl (C=O) groups is 3. The van der Waals surface area contributed by atoms with Crippen molar-refractivity contribution in [3.8, 4) is 0 Å².